The Morgan fingerprint density at radius 1 is 0.442 bits per heavy atom. The largest absolute Gasteiger partial charge is 0.146 e. The molecule has 0 nitrogen and oxygen atoms in total. The lowest BCUT2D eigenvalue weighted by molar-refractivity contribution is 0.744. The lowest BCUT2D eigenvalue weighted by atomic mass is 9.65. The predicted octanol–water partition coefficient (Wildman–Crippen LogP) is 9.58. The van der Waals surface area contributed by atoms with Gasteiger partial charge >= 0.3 is 0 Å². The normalized spacial score (nSPS) is 11.4. The molecule has 0 unspecified atom stereocenters. The van der Waals surface area contributed by atoms with E-state index in [0.29, 0.717) is 16.6 Å². The molecule has 0 saturated heterocycles. The first-order chi connectivity index (χ1) is 20.6. The third kappa shape index (κ3) is 5.84. The summed E-state index contributed by atoms with van der Waals surface area (Å²) in [5.41, 5.74) is 12.9. The molecule has 0 saturated carbocycles. The minimum absolute atomic E-state index is 0.579. The van der Waals surface area contributed by atoms with Crippen molar-refractivity contribution < 1.29 is 0 Å². The number of rotatable bonds is 7. The number of hydrogen-bond acceptors (Lipinski definition) is 0. The molecule has 0 heterocycles. The Balaban J connectivity index is 1.99. The van der Waals surface area contributed by atoms with E-state index in [1.165, 1.54) is 0 Å². The topological polar surface area (TPSA) is 0 Å². The summed E-state index contributed by atoms with van der Waals surface area (Å²) in [6, 6.07) is 33.5. The summed E-state index contributed by atoms with van der Waals surface area (Å²) in [6.45, 7) is 14.1. The van der Waals surface area contributed by atoms with Crippen molar-refractivity contribution in [3.8, 4) is 48.5 Å². The maximum atomic E-state index is 5.74. The van der Waals surface area contributed by atoms with E-state index in [1.54, 1.807) is 0 Å². The van der Waals surface area contributed by atoms with E-state index in [1.807, 2.05) is 36.4 Å². The first-order valence-corrected chi connectivity index (χ1v) is 17.2. The van der Waals surface area contributed by atoms with Gasteiger partial charge in [-0.1, -0.05) is 114 Å². The van der Waals surface area contributed by atoms with Crippen molar-refractivity contribution >= 4 is 8.07 Å². The molecule has 0 fully saturated rings. The summed E-state index contributed by atoms with van der Waals surface area (Å²) in [4.78, 5) is 0. The highest BCUT2D eigenvalue weighted by Gasteiger charge is 2.42. The zero-order chi connectivity index (χ0) is 31.2. The Bertz CT molecular complexity index is 1570. The van der Waals surface area contributed by atoms with Crippen molar-refractivity contribution in [2.75, 3.05) is 0 Å². The van der Waals surface area contributed by atoms with Gasteiger partial charge in [-0.3, -0.25) is 0 Å². The maximum Gasteiger partial charge on any atom is 0.146 e. The second-order valence-corrected chi connectivity index (χ2v) is 17.7. The van der Waals surface area contributed by atoms with Gasteiger partial charge < -0.3 is 0 Å². The van der Waals surface area contributed by atoms with Gasteiger partial charge in [0, 0.05) is 22.3 Å². The standard InChI is InChI=1S/C42H40Si/c1-10-34-13-21-38(22-14-34)42(39-23-15-35(11-2)16-24-39,40-25-17-36(12-3)18-26-40)41-27-19-37(20-28-41)29-30-43(31(4)5,32(6)7)33(8)9/h1-3,13-28,31-33H,4-9H3. The Hall–Kier alpha value is -4.66. The Kier molecular flexibility index (Phi) is 9.53. The van der Waals surface area contributed by atoms with Crippen LogP contribution in [0.1, 0.15) is 86.1 Å². The SMILES string of the molecule is C#Cc1ccc(C(c2ccc(C#C)cc2)(c2ccc(C#C)cc2)c2ccc(C#C[Si](C(C)C)(C(C)C)C(C)C)cc2)cc1. The second kappa shape index (κ2) is 13.1. The molecule has 1 heteroatoms. The fourth-order valence-electron chi connectivity index (χ4n) is 6.87. The molecule has 0 spiro atoms. The third-order valence-corrected chi connectivity index (χ3v) is 15.4. The van der Waals surface area contributed by atoms with Crippen molar-refractivity contribution in [3.63, 3.8) is 0 Å². The molecule has 0 aliphatic carbocycles. The van der Waals surface area contributed by atoms with E-state index in [2.05, 4.69) is 131 Å². The van der Waals surface area contributed by atoms with Crippen molar-refractivity contribution in [1.29, 1.82) is 0 Å². The molecule has 0 atom stereocenters. The van der Waals surface area contributed by atoms with Gasteiger partial charge in [0.25, 0.3) is 0 Å². The van der Waals surface area contributed by atoms with Crippen LogP contribution in [-0.2, 0) is 5.41 Å². The molecule has 4 rings (SSSR count). The van der Waals surface area contributed by atoms with Gasteiger partial charge in [-0.15, -0.1) is 24.8 Å². The quantitative estimate of drug-likeness (QED) is 0.117. The van der Waals surface area contributed by atoms with Crippen LogP contribution in [0.3, 0.4) is 0 Å². The molecule has 0 radical (unpaired) electrons. The molecule has 0 aliphatic rings. The number of hydrogen-bond donors (Lipinski definition) is 0. The van der Waals surface area contributed by atoms with E-state index >= 15 is 0 Å². The Morgan fingerprint density at radius 2 is 0.698 bits per heavy atom. The first-order valence-electron chi connectivity index (χ1n) is 15.0. The van der Waals surface area contributed by atoms with Crippen LogP contribution in [0.25, 0.3) is 0 Å². The third-order valence-electron chi connectivity index (χ3n) is 9.06. The van der Waals surface area contributed by atoms with Gasteiger partial charge in [0.15, 0.2) is 0 Å². The highest BCUT2D eigenvalue weighted by Crippen LogP contribution is 2.46. The minimum Gasteiger partial charge on any atom is -0.125 e. The van der Waals surface area contributed by atoms with Crippen LogP contribution in [0.5, 0.6) is 0 Å². The van der Waals surface area contributed by atoms with Crippen LogP contribution in [0, 0.1) is 48.5 Å². The molecule has 0 aromatic heterocycles. The van der Waals surface area contributed by atoms with Crippen LogP contribution in [0.4, 0.5) is 0 Å². The molecule has 212 valence electrons. The molecule has 4 aromatic rings. The van der Waals surface area contributed by atoms with Crippen molar-refractivity contribution in [3.05, 3.63) is 142 Å². The molecule has 0 N–H and O–H groups in total. The van der Waals surface area contributed by atoms with Crippen molar-refractivity contribution in [2.45, 2.75) is 63.6 Å². The fraction of sp³-hybridized carbons (Fsp3) is 0.238. The summed E-state index contributed by atoms with van der Waals surface area (Å²) >= 11 is 0. The molecule has 0 amide bonds. The second-order valence-electron chi connectivity index (χ2n) is 12.1. The van der Waals surface area contributed by atoms with Gasteiger partial charge in [-0.05, 0) is 87.4 Å². The van der Waals surface area contributed by atoms with Gasteiger partial charge in [0.1, 0.15) is 8.07 Å². The zero-order valence-corrected chi connectivity index (χ0v) is 27.2. The summed E-state index contributed by atoms with van der Waals surface area (Å²) in [6.07, 6.45) is 17.2. The van der Waals surface area contributed by atoms with E-state index in [0.717, 1.165) is 44.5 Å². The van der Waals surface area contributed by atoms with Crippen LogP contribution in [-0.4, -0.2) is 8.07 Å². The molecular weight excluding hydrogens is 533 g/mol. The lowest BCUT2D eigenvalue weighted by Gasteiger charge is -2.38. The maximum absolute atomic E-state index is 5.74. The predicted molar refractivity (Wildman–Crippen MR) is 186 cm³/mol. The van der Waals surface area contributed by atoms with Gasteiger partial charge in [0.2, 0.25) is 0 Å². The Labute approximate surface area is 261 Å². The Morgan fingerprint density at radius 3 is 0.930 bits per heavy atom. The molecule has 0 bridgehead atoms. The lowest BCUT2D eigenvalue weighted by Crippen LogP contribution is -2.43. The molecule has 4 aromatic carbocycles. The van der Waals surface area contributed by atoms with E-state index in [9.17, 15) is 0 Å². The molecular formula is C42H40Si. The number of terminal acetylenes is 3. The molecule has 43 heavy (non-hydrogen) atoms. The van der Waals surface area contributed by atoms with Crippen LogP contribution >= 0.6 is 0 Å². The average molecular weight is 573 g/mol. The van der Waals surface area contributed by atoms with Gasteiger partial charge in [-0.25, -0.2) is 0 Å². The fourth-order valence-corrected chi connectivity index (χ4v) is 12.1. The van der Waals surface area contributed by atoms with Gasteiger partial charge in [0.05, 0.1) is 5.41 Å². The summed E-state index contributed by atoms with van der Waals surface area (Å²) in [5, 5.41) is 0. The van der Waals surface area contributed by atoms with Crippen molar-refractivity contribution in [2.24, 2.45) is 0 Å². The highest BCUT2D eigenvalue weighted by atomic mass is 28.3. The summed E-state index contributed by atoms with van der Waals surface area (Å²) in [7, 11) is -1.86. The molecule has 0 aliphatic heterocycles. The van der Waals surface area contributed by atoms with Crippen LogP contribution < -0.4 is 0 Å². The smallest absolute Gasteiger partial charge is 0.125 e. The van der Waals surface area contributed by atoms with E-state index in [4.69, 9.17) is 19.3 Å². The first kappa shape index (κ1) is 31.3. The minimum atomic E-state index is -1.86. The van der Waals surface area contributed by atoms with Crippen molar-refractivity contribution in [1.82, 2.24) is 0 Å². The van der Waals surface area contributed by atoms with Crippen LogP contribution in [0.15, 0.2) is 97.1 Å². The average Bonchev–Trinajstić information content (AvgIpc) is 3.02. The summed E-state index contributed by atoms with van der Waals surface area (Å²) in [5.74, 6) is 11.9. The van der Waals surface area contributed by atoms with E-state index < -0.39 is 13.5 Å². The highest BCUT2D eigenvalue weighted by molar-refractivity contribution is 6.90. The van der Waals surface area contributed by atoms with Gasteiger partial charge in [-0.2, -0.15) is 0 Å². The zero-order valence-electron chi connectivity index (χ0n) is 26.2. The monoisotopic (exact) mass is 572 g/mol. The van der Waals surface area contributed by atoms with Crippen LogP contribution in [0.2, 0.25) is 16.6 Å². The summed E-state index contributed by atoms with van der Waals surface area (Å²) < 4.78 is 0. The number of benzene rings is 4. The van der Waals surface area contributed by atoms with E-state index in [-0.39, 0.29) is 0 Å².